The number of aromatic nitrogens is 2. The summed E-state index contributed by atoms with van der Waals surface area (Å²) in [5.41, 5.74) is 3.58. The van der Waals surface area contributed by atoms with Crippen molar-refractivity contribution in [2.75, 3.05) is 0 Å². The van der Waals surface area contributed by atoms with Crippen molar-refractivity contribution in [1.29, 1.82) is 0 Å². The molecule has 1 aromatic heterocycles. The first-order chi connectivity index (χ1) is 7.16. The van der Waals surface area contributed by atoms with E-state index in [9.17, 15) is 0 Å². The van der Waals surface area contributed by atoms with Crippen LogP contribution in [0, 0.1) is 6.92 Å². The van der Waals surface area contributed by atoms with Crippen LogP contribution < -0.4 is 0 Å². The highest BCUT2D eigenvalue weighted by atomic mass is 15.0. The van der Waals surface area contributed by atoms with E-state index in [-0.39, 0.29) is 0 Å². The van der Waals surface area contributed by atoms with Gasteiger partial charge in [0.15, 0.2) is 0 Å². The second-order valence-corrected chi connectivity index (χ2v) is 4.20. The average molecular weight is 200 g/mol. The Balaban J connectivity index is 2.37. The van der Waals surface area contributed by atoms with Gasteiger partial charge in [-0.1, -0.05) is 26.0 Å². The van der Waals surface area contributed by atoms with Crippen molar-refractivity contribution >= 4 is 0 Å². The van der Waals surface area contributed by atoms with Gasteiger partial charge in [0.05, 0.1) is 12.0 Å². The van der Waals surface area contributed by atoms with E-state index in [0.29, 0.717) is 5.92 Å². The second kappa shape index (κ2) is 3.89. The van der Waals surface area contributed by atoms with Crippen molar-refractivity contribution < 1.29 is 0 Å². The molecule has 2 nitrogen and oxygen atoms in total. The molecule has 0 unspecified atom stereocenters. The zero-order valence-electron chi connectivity index (χ0n) is 9.44. The van der Waals surface area contributed by atoms with Crippen LogP contribution in [-0.2, 0) is 0 Å². The van der Waals surface area contributed by atoms with E-state index in [1.807, 2.05) is 6.33 Å². The van der Waals surface area contributed by atoms with E-state index >= 15 is 0 Å². The maximum absolute atomic E-state index is 4.38. The van der Waals surface area contributed by atoms with Crippen LogP contribution in [0.4, 0.5) is 0 Å². The van der Waals surface area contributed by atoms with Crippen LogP contribution in [0.5, 0.6) is 0 Å². The van der Waals surface area contributed by atoms with Crippen LogP contribution in [0.3, 0.4) is 0 Å². The molecule has 0 bridgehead atoms. The maximum Gasteiger partial charge on any atom is 0.0995 e. The van der Waals surface area contributed by atoms with Crippen LogP contribution in [-0.4, -0.2) is 9.55 Å². The van der Waals surface area contributed by atoms with Gasteiger partial charge in [-0.25, -0.2) is 4.98 Å². The Kier molecular flexibility index (Phi) is 2.58. The average Bonchev–Trinajstić information content (AvgIpc) is 2.66. The third kappa shape index (κ3) is 2.09. The Morgan fingerprint density at radius 2 is 2.07 bits per heavy atom. The molecule has 0 N–H and O–H groups in total. The topological polar surface area (TPSA) is 17.8 Å². The standard InChI is InChI=1S/C13H16N2/c1-10(2)13-8-15(9-14-13)12-6-4-5-11(3)7-12/h4-10H,1-3H3. The lowest BCUT2D eigenvalue weighted by atomic mass is 10.1. The quantitative estimate of drug-likeness (QED) is 0.727. The van der Waals surface area contributed by atoms with Crippen molar-refractivity contribution in [3.8, 4) is 5.69 Å². The lowest BCUT2D eigenvalue weighted by molar-refractivity contribution is 0.831. The SMILES string of the molecule is Cc1cccc(-n2cnc(C(C)C)c2)c1. The molecule has 0 fully saturated rings. The van der Waals surface area contributed by atoms with Gasteiger partial charge in [-0.05, 0) is 30.5 Å². The predicted octanol–water partition coefficient (Wildman–Crippen LogP) is 3.30. The lowest BCUT2D eigenvalue weighted by Gasteiger charge is -2.02. The first-order valence-electron chi connectivity index (χ1n) is 5.28. The molecule has 1 heterocycles. The zero-order chi connectivity index (χ0) is 10.8. The summed E-state index contributed by atoms with van der Waals surface area (Å²) in [7, 11) is 0. The van der Waals surface area contributed by atoms with Gasteiger partial charge in [0.25, 0.3) is 0 Å². The minimum atomic E-state index is 0.482. The summed E-state index contributed by atoms with van der Waals surface area (Å²) in [6, 6.07) is 8.42. The van der Waals surface area contributed by atoms with Crippen molar-refractivity contribution in [2.45, 2.75) is 26.7 Å². The molecule has 78 valence electrons. The molecule has 0 saturated heterocycles. The number of rotatable bonds is 2. The molecule has 0 aliphatic rings. The Morgan fingerprint density at radius 1 is 1.27 bits per heavy atom. The van der Waals surface area contributed by atoms with Crippen molar-refractivity contribution in [3.05, 3.63) is 48.0 Å². The maximum atomic E-state index is 4.38. The number of aryl methyl sites for hydroxylation is 1. The fraction of sp³-hybridized carbons (Fsp3) is 0.308. The van der Waals surface area contributed by atoms with Crippen molar-refractivity contribution in [3.63, 3.8) is 0 Å². The monoisotopic (exact) mass is 200 g/mol. The number of nitrogens with zero attached hydrogens (tertiary/aromatic N) is 2. The largest absolute Gasteiger partial charge is 0.306 e. The van der Waals surface area contributed by atoms with Gasteiger partial charge in [-0.2, -0.15) is 0 Å². The fourth-order valence-corrected chi connectivity index (χ4v) is 1.57. The lowest BCUT2D eigenvalue weighted by Crippen LogP contribution is -1.90. The summed E-state index contributed by atoms with van der Waals surface area (Å²) in [6.07, 6.45) is 3.98. The summed E-state index contributed by atoms with van der Waals surface area (Å²) in [5, 5.41) is 0. The zero-order valence-corrected chi connectivity index (χ0v) is 9.44. The van der Waals surface area contributed by atoms with Gasteiger partial charge < -0.3 is 4.57 Å². The first-order valence-corrected chi connectivity index (χ1v) is 5.28. The Bertz CT molecular complexity index is 455. The van der Waals surface area contributed by atoms with Crippen molar-refractivity contribution in [2.24, 2.45) is 0 Å². The Labute approximate surface area is 90.6 Å². The van der Waals surface area contributed by atoms with Crippen LogP contribution in [0.1, 0.15) is 31.0 Å². The summed E-state index contributed by atoms with van der Waals surface area (Å²) in [5.74, 6) is 0.482. The summed E-state index contributed by atoms with van der Waals surface area (Å²) >= 11 is 0. The molecule has 0 spiro atoms. The van der Waals surface area contributed by atoms with E-state index in [4.69, 9.17) is 0 Å². The molecule has 0 aliphatic carbocycles. The van der Waals surface area contributed by atoms with Gasteiger partial charge in [0.1, 0.15) is 0 Å². The minimum Gasteiger partial charge on any atom is -0.306 e. The van der Waals surface area contributed by atoms with Gasteiger partial charge >= 0.3 is 0 Å². The normalized spacial score (nSPS) is 10.9. The summed E-state index contributed by atoms with van der Waals surface area (Å²) in [6.45, 7) is 6.41. The molecular weight excluding hydrogens is 184 g/mol. The molecule has 0 atom stereocenters. The molecule has 0 amide bonds. The van der Waals surface area contributed by atoms with Crippen molar-refractivity contribution in [1.82, 2.24) is 9.55 Å². The molecule has 0 radical (unpaired) electrons. The first kappa shape index (κ1) is 9.97. The highest BCUT2D eigenvalue weighted by Crippen LogP contribution is 2.15. The van der Waals surface area contributed by atoms with E-state index in [0.717, 1.165) is 5.69 Å². The van der Waals surface area contributed by atoms with E-state index in [2.05, 4.69) is 60.8 Å². The minimum absolute atomic E-state index is 0.482. The molecule has 2 heteroatoms. The molecule has 0 aliphatic heterocycles. The number of imidazole rings is 1. The summed E-state index contributed by atoms with van der Waals surface area (Å²) < 4.78 is 2.07. The third-order valence-corrected chi connectivity index (χ3v) is 2.49. The smallest absolute Gasteiger partial charge is 0.0995 e. The Morgan fingerprint density at radius 3 is 2.67 bits per heavy atom. The molecule has 15 heavy (non-hydrogen) atoms. The molecule has 2 rings (SSSR count). The van der Waals surface area contributed by atoms with Crippen LogP contribution >= 0.6 is 0 Å². The summed E-state index contributed by atoms with van der Waals surface area (Å²) in [4.78, 5) is 4.38. The number of benzene rings is 1. The number of hydrogen-bond donors (Lipinski definition) is 0. The Hall–Kier alpha value is -1.57. The number of hydrogen-bond acceptors (Lipinski definition) is 1. The molecule has 2 aromatic rings. The van der Waals surface area contributed by atoms with Gasteiger partial charge in [0, 0.05) is 11.9 Å². The second-order valence-electron chi connectivity index (χ2n) is 4.20. The fourth-order valence-electron chi connectivity index (χ4n) is 1.57. The van der Waals surface area contributed by atoms with Crippen LogP contribution in [0.2, 0.25) is 0 Å². The highest BCUT2D eigenvalue weighted by Gasteiger charge is 2.03. The molecule has 1 aromatic carbocycles. The third-order valence-electron chi connectivity index (χ3n) is 2.49. The molecular formula is C13H16N2. The van der Waals surface area contributed by atoms with E-state index in [1.54, 1.807) is 0 Å². The van der Waals surface area contributed by atoms with Gasteiger partial charge in [0.2, 0.25) is 0 Å². The highest BCUT2D eigenvalue weighted by molar-refractivity contribution is 5.35. The predicted molar refractivity (Wildman–Crippen MR) is 62.4 cm³/mol. The van der Waals surface area contributed by atoms with Gasteiger partial charge in [-0.3, -0.25) is 0 Å². The molecule has 0 saturated carbocycles. The van der Waals surface area contributed by atoms with Crippen LogP contribution in [0.25, 0.3) is 5.69 Å². The van der Waals surface area contributed by atoms with Crippen LogP contribution in [0.15, 0.2) is 36.8 Å². The van der Waals surface area contributed by atoms with E-state index < -0.39 is 0 Å². The van der Waals surface area contributed by atoms with E-state index in [1.165, 1.54) is 11.3 Å². The van der Waals surface area contributed by atoms with Gasteiger partial charge in [-0.15, -0.1) is 0 Å².